The molecular weight excluding hydrogens is 274 g/mol. The molecule has 2 fully saturated rings. The van der Waals surface area contributed by atoms with Gasteiger partial charge in [-0.15, -0.1) is 0 Å². The summed E-state index contributed by atoms with van der Waals surface area (Å²) in [6.07, 6.45) is 3.79. The van der Waals surface area contributed by atoms with Crippen molar-refractivity contribution in [3.05, 3.63) is 0 Å². The van der Waals surface area contributed by atoms with E-state index < -0.39 is 18.1 Å². The summed E-state index contributed by atoms with van der Waals surface area (Å²) < 4.78 is 4.71. The first-order valence-corrected chi connectivity index (χ1v) is 7.42. The average molecular weight is 297 g/mol. The van der Waals surface area contributed by atoms with Crippen molar-refractivity contribution >= 4 is 17.8 Å². The first-order valence-electron chi connectivity index (χ1n) is 7.42. The third-order valence-corrected chi connectivity index (χ3v) is 4.11. The second-order valence-corrected chi connectivity index (χ2v) is 5.88. The molecule has 21 heavy (non-hydrogen) atoms. The highest BCUT2D eigenvalue weighted by molar-refractivity contribution is 5.88. The Bertz CT molecular complexity index is 422. The maximum atomic E-state index is 12.0. The van der Waals surface area contributed by atoms with Gasteiger partial charge in [-0.05, 0) is 25.2 Å². The molecule has 0 spiro atoms. The van der Waals surface area contributed by atoms with Crippen LogP contribution >= 0.6 is 0 Å². The number of ether oxygens (including phenoxy) is 1. The molecule has 1 aliphatic carbocycles. The van der Waals surface area contributed by atoms with Crippen LogP contribution in [0, 0.1) is 11.8 Å². The predicted octanol–water partition coefficient (Wildman–Crippen LogP) is -0.702. The second kappa shape index (κ2) is 6.89. The zero-order valence-corrected chi connectivity index (χ0v) is 12.3. The van der Waals surface area contributed by atoms with E-state index in [9.17, 15) is 14.4 Å². The van der Waals surface area contributed by atoms with Crippen molar-refractivity contribution < 1.29 is 19.1 Å². The molecule has 4 N–H and O–H groups in total. The van der Waals surface area contributed by atoms with E-state index in [2.05, 4.69) is 10.6 Å². The molecule has 3 atom stereocenters. The third kappa shape index (κ3) is 4.42. The van der Waals surface area contributed by atoms with Gasteiger partial charge in [0.1, 0.15) is 6.04 Å². The van der Waals surface area contributed by atoms with Crippen molar-refractivity contribution in [1.82, 2.24) is 10.6 Å². The number of esters is 1. The van der Waals surface area contributed by atoms with E-state index >= 15 is 0 Å². The first kappa shape index (κ1) is 15.8. The van der Waals surface area contributed by atoms with E-state index in [0.717, 1.165) is 12.8 Å². The molecule has 1 saturated carbocycles. The topological polar surface area (TPSA) is 111 Å². The van der Waals surface area contributed by atoms with Gasteiger partial charge in [-0.2, -0.15) is 0 Å². The molecule has 1 saturated heterocycles. The van der Waals surface area contributed by atoms with E-state index in [-0.39, 0.29) is 24.2 Å². The molecule has 2 rings (SSSR count). The lowest BCUT2D eigenvalue weighted by molar-refractivity contribution is -0.146. The molecule has 2 amide bonds. The standard InChI is InChI=1S/C14H23N3O4/c1-21-14(20)11(7-9-4-5-16-12(9)18)17-13(19)10(15)6-8-2-3-8/h8-11H,2-7,15H2,1H3,(H,16,18)(H,17,19)/t9-,10-,11-/m0/s1. The minimum Gasteiger partial charge on any atom is -0.467 e. The zero-order chi connectivity index (χ0) is 15.4. The lowest BCUT2D eigenvalue weighted by Crippen LogP contribution is -2.49. The molecule has 0 bridgehead atoms. The monoisotopic (exact) mass is 297 g/mol. The number of methoxy groups -OCH3 is 1. The Morgan fingerprint density at radius 3 is 2.62 bits per heavy atom. The fourth-order valence-electron chi connectivity index (χ4n) is 2.61. The summed E-state index contributed by atoms with van der Waals surface area (Å²) in [6.45, 7) is 0.604. The molecule has 0 aromatic heterocycles. The van der Waals surface area contributed by atoms with Crippen LogP contribution in [-0.2, 0) is 19.1 Å². The zero-order valence-electron chi connectivity index (χ0n) is 12.3. The van der Waals surface area contributed by atoms with Gasteiger partial charge >= 0.3 is 5.97 Å². The van der Waals surface area contributed by atoms with Crippen molar-refractivity contribution in [1.29, 1.82) is 0 Å². The molecule has 7 nitrogen and oxygen atoms in total. The average Bonchev–Trinajstić information content (AvgIpc) is 3.19. The summed E-state index contributed by atoms with van der Waals surface area (Å²) in [6, 6.07) is -1.43. The minimum absolute atomic E-state index is 0.0829. The van der Waals surface area contributed by atoms with Crippen LogP contribution in [0.25, 0.3) is 0 Å². The molecule has 1 heterocycles. The van der Waals surface area contributed by atoms with Crippen LogP contribution in [-0.4, -0.2) is 43.5 Å². The highest BCUT2D eigenvalue weighted by Gasteiger charge is 2.33. The number of carbonyl (C=O) groups is 3. The highest BCUT2D eigenvalue weighted by Crippen LogP contribution is 2.33. The van der Waals surface area contributed by atoms with Crippen molar-refractivity contribution in [2.45, 2.75) is 44.2 Å². The van der Waals surface area contributed by atoms with Gasteiger partial charge in [-0.1, -0.05) is 12.8 Å². The summed E-state index contributed by atoms with van der Waals surface area (Å²) in [7, 11) is 1.26. The lowest BCUT2D eigenvalue weighted by Gasteiger charge is -2.21. The Hall–Kier alpha value is -1.63. The molecule has 0 aromatic rings. The Balaban J connectivity index is 1.90. The predicted molar refractivity (Wildman–Crippen MR) is 75.0 cm³/mol. The smallest absolute Gasteiger partial charge is 0.328 e. The molecule has 0 aromatic carbocycles. The lowest BCUT2D eigenvalue weighted by atomic mass is 9.98. The van der Waals surface area contributed by atoms with Gasteiger partial charge in [0.15, 0.2) is 0 Å². The summed E-state index contributed by atoms with van der Waals surface area (Å²) in [5, 5.41) is 5.34. The second-order valence-electron chi connectivity index (χ2n) is 5.88. The van der Waals surface area contributed by atoms with Crippen LogP contribution in [0.15, 0.2) is 0 Å². The molecular formula is C14H23N3O4. The van der Waals surface area contributed by atoms with E-state index in [1.807, 2.05) is 0 Å². The van der Waals surface area contributed by atoms with E-state index in [1.165, 1.54) is 7.11 Å². The molecule has 118 valence electrons. The number of rotatable bonds is 7. The maximum absolute atomic E-state index is 12.0. The molecule has 0 radical (unpaired) electrons. The van der Waals surface area contributed by atoms with Crippen molar-refractivity contribution in [2.24, 2.45) is 17.6 Å². The molecule has 0 unspecified atom stereocenters. The fraction of sp³-hybridized carbons (Fsp3) is 0.786. The summed E-state index contributed by atoms with van der Waals surface area (Å²) in [5.74, 6) is -0.713. The molecule has 1 aliphatic heterocycles. The van der Waals surface area contributed by atoms with Gasteiger partial charge in [-0.25, -0.2) is 4.79 Å². The summed E-state index contributed by atoms with van der Waals surface area (Å²) >= 11 is 0. The van der Waals surface area contributed by atoms with Crippen molar-refractivity contribution in [3.63, 3.8) is 0 Å². The van der Waals surface area contributed by atoms with Crippen molar-refractivity contribution in [2.75, 3.05) is 13.7 Å². The van der Waals surface area contributed by atoms with Gasteiger partial charge in [-0.3, -0.25) is 9.59 Å². The molecule has 7 heteroatoms. The number of hydrogen-bond acceptors (Lipinski definition) is 5. The van der Waals surface area contributed by atoms with Gasteiger partial charge in [0.05, 0.1) is 13.2 Å². The number of hydrogen-bond donors (Lipinski definition) is 3. The Morgan fingerprint density at radius 2 is 2.10 bits per heavy atom. The van der Waals surface area contributed by atoms with Gasteiger partial charge in [0, 0.05) is 12.5 Å². The SMILES string of the molecule is COC(=O)[C@H](C[C@@H]1CCNC1=O)NC(=O)[C@@H](N)CC1CC1. The van der Waals surface area contributed by atoms with Crippen LogP contribution in [0.2, 0.25) is 0 Å². The Labute approximate surface area is 124 Å². The van der Waals surface area contributed by atoms with Gasteiger partial charge in [0.2, 0.25) is 11.8 Å². The van der Waals surface area contributed by atoms with Crippen LogP contribution in [0.3, 0.4) is 0 Å². The Kier molecular flexibility index (Phi) is 5.17. The van der Waals surface area contributed by atoms with Crippen LogP contribution < -0.4 is 16.4 Å². The van der Waals surface area contributed by atoms with Crippen LogP contribution in [0.4, 0.5) is 0 Å². The highest BCUT2D eigenvalue weighted by atomic mass is 16.5. The number of amides is 2. The van der Waals surface area contributed by atoms with Crippen molar-refractivity contribution in [3.8, 4) is 0 Å². The van der Waals surface area contributed by atoms with E-state index in [0.29, 0.717) is 25.3 Å². The first-order chi connectivity index (χ1) is 10.0. The van der Waals surface area contributed by atoms with Crippen LogP contribution in [0.5, 0.6) is 0 Å². The summed E-state index contributed by atoms with van der Waals surface area (Å²) in [4.78, 5) is 35.4. The molecule has 2 aliphatic rings. The number of nitrogens with one attached hydrogen (secondary N) is 2. The summed E-state index contributed by atoms with van der Waals surface area (Å²) in [5.41, 5.74) is 5.84. The number of nitrogens with two attached hydrogens (primary N) is 1. The largest absolute Gasteiger partial charge is 0.467 e. The van der Waals surface area contributed by atoms with Gasteiger partial charge in [0.25, 0.3) is 0 Å². The van der Waals surface area contributed by atoms with E-state index in [4.69, 9.17) is 10.5 Å². The van der Waals surface area contributed by atoms with E-state index in [1.54, 1.807) is 0 Å². The minimum atomic E-state index is -0.818. The Morgan fingerprint density at radius 1 is 1.38 bits per heavy atom. The third-order valence-electron chi connectivity index (χ3n) is 4.11. The van der Waals surface area contributed by atoms with Gasteiger partial charge < -0.3 is 21.1 Å². The number of carbonyl (C=O) groups excluding carboxylic acids is 3. The quantitative estimate of drug-likeness (QED) is 0.538. The maximum Gasteiger partial charge on any atom is 0.328 e. The fourth-order valence-corrected chi connectivity index (χ4v) is 2.61. The van der Waals surface area contributed by atoms with Crippen LogP contribution in [0.1, 0.15) is 32.1 Å². The normalized spacial score (nSPS) is 24.1.